The van der Waals surface area contributed by atoms with Gasteiger partial charge in [-0.3, -0.25) is 4.98 Å². The monoisotopic (exact) mass is 692 g/mol. The zero-order valence-corrected chi connectivity index (χ0v) is 30.6. The number of pyridine rings is 1. The van der Waals surface area contributed by atoms with Gasteiger partial charge in [0.15, 0.2) is 17.5 Å². The highest BCUT2D eigenvalue weighted by atomic mass is 15.0. The molecule has 0 N–H and O–H groups in total. The predicted octanol–water partition coefficient (Wildman–Crippen LogP) is 12.3. The molecule has 0 atom stereocenters. The highest BCUT2D eigenvalue weighted by molar-refractivity contribution is 6.13. The van der Waals surface area contributed by atoms with Gasteiger partial charge in [0.2, 0.25) is 0 Å². The Morgan fingerprint density at radius 1 is 0.370 bits per heavy atom. The summed E-state index contributed by atoms with van der Waals surface area (Å²) in [6.07, 6.45) is 1.83. The minimum absolute atomic E-state index is 0.0588. The van der Waals surface area contributed by atoms with Crippen LogP contribution in [-0.2, 0) is 10.8 Å². The Labute approximate surface area is 314 Å². The summed E-state index contributed by atoms with van der Waals surface area (Å²) in [6.45, 7) is 9.42. The summed E-state index contributed by atoms with van der Waals surface area (Å²) in [6, 6.07) is 50.3. The molecular formula is C50H36N4. The van der Waals surface area contributed by atoms with Crippen LogP contribution in [0.15, 0.2) is 146 Å². The molecule has 0 amide bonds. The number of benzene rings is 7. The number of hydrogen-bond acceptors (Lipinski definition) is 4. The van der Waals surface area contributed by atoms with E-state index in [9.17, 15) is 0 Å². The van der Waals surface area contributed by atoms with Gasteiger partial charge in [-0.1, -0.05) is 131 Å². The van der Waals surface area contributed by atoms with E-state index in [1.54, 1.807) is 0 Å². The van der Waals surface area contributed by atoms with Crippen LogP contribution in [0.4, 0.5) is 0 Å². The lowest BCUT2D eigenvalue weighted by Crippen LogP contribution is -2.17. The van der Waals surface area contributed by atoms with Crippen LogP contribution in [-0.4, -0.2) is 19.9 Å². The van der Waals surface area contributed by atoms with Crippen molar-refractivity contribution in [1.29, 1.82) is 0 Å². The summed E-state index contributed by atoms with van der Waals surface area (Å²) >= 11 is 0. The Balaban J connectivity index is 1.11. The van der Waals surface area contributed by atoms with Crippen molar-refractivity contribution in [1.82, 2.24) is 19.9 Å². The van der Waals surface area contributed by atoms with Crippen molar-refractivity contribution in [2.45, 2.75) is 38.5 Å². The van der Waals surface area contributed by atoms with Gasteiger partial charge in [0.25, 0.3) is 0 Å². The molecule has 0 radical (unpaired) electrons. The second-order valence-corrected chi connectivity index (χ2v) is 15.9. The molecule has 4 nitrogen and oxygen atoms in total. The van der Waals surface area contributed by atoms with Gasteiger partial charge >= 0.3 is 0 Å². The van der Waals surface area contributed by atoms with E-state index >= 15 is 0 Å². The van der Waals surface area contributed by atoms with Crippen molar-refractivity contribution in [3.05, 3.63) is 168 Å². The van der Waals surface area contributed by atoms with E-state index in [-0.39, 0.29) is 10.8 Å². The minimum Gasteiger partial charge on any atom is -0.256 e. The van der Waals surface area contributed by atoms with E-state index in [1.807, 2.05) is 12.3 Å². The minimum atomic E-state index is -0.214. The normalized spacial score (nSPS) is 14.6. The first kappa shape index (κ1) is 31.0. The fourth-order valence-electron chi connectivity index (χ4n) is 9.27. The molecule has 0 unspecified atom stereocenters. The van der Waals surface area contributed by atoms with Crippen LogP contribution in [0.3, 0.4) is 0 Å². The van der Waals surface area contributed by atoms with E-state index < -0.39 is 0 Å². The first-order valence-electron chi connectivity index (χ1n) is 18.7. The number of rotatable bonds is 3. The van der Waals surface area contributed by atoms with Crippen molar-refractivity contribution < 1.29 is 0 Å². The van der Waals surface area contributed by atoms with Crippen LogP contribution in [0.2, 0.25) is 0 Å². The van der Waals surface area contributed by atoms with Crippen LogP contribution in [0.1, 0.15) is 49.9 Å². The molecule has 2 aliphatic carbocycles. The average Bonchev–Trinajstić information content (AvgIpc) is 3.58. The van der Waals surface area contributed by atoms with E-state index in [0.29, 0.717) is 17.5 Å². The molecule has 2 aromatic heterocycles. The first-order valence-corrected chi connectivity index (χ1v) is 18.7. The van der Waals surface area contributed by atoms with Gasteiger partial charge < -0.3 is 0 Å². The van der Waals surface area contributed by atoms with E-state index in [4.69, 9.17) is 15.0 Å². The lowest BCUT2D eigenvalue weighted by molar-refractivity contribution is 0.652. The molecule has 11 rings (SSSR count). The first-order chi connectivity index (χ1) is 26.3. The van der Waals surface area contributed by atoms with Crippen molar-refractivity contribution in [2.24, 2.45) is 0 Å². The molecule has 7 aromatic carbocycles. The van der Waals surface area contributed by atoms with E-state index in [0.717, 1.165) is 38.4 Å². The van der Waals surface area contributed by atoms with E-state index in [1.165, 1.54) is 55.3 Å². The largest absolute Gasteiger partial charge is 0.256 e. The molecule has 2 heterocycles. The van der Waals surface area contributed by atoms with Crippen molar-refractivity contribution in [3.63, 3.8) is 0 Å². The van der Waals surface area contributed by atoms with Crippen LogP contribution < -0.4 is 0 Å². The second kappa shape index (κ2) is 11.0. The lowest BCUT2D eigenvalue weighted by Gasteiger charge is -2.24. The van der Waals surface area contributed by atoms with Crippen LogP contribution >= 0.6 is 0 Å². The van der Waals surface area contributed by atoms with Gasteiger partial charge in [-0.25, -0.2) is 15.0 Å². The summed E-state index contributed by atoms with van der Waals surface area (Å²) in [7, 11) is 0. The van der Waals surface area contributed by atoms with Gasteiger partial charge in [-0.05, 0) is 102 Å². The molecule has 2 aliphatic rings. The zero-order chi connectivity index (χ0) is 36.3. The van der Waals surface area contributed by atoms with Crippen LogP contribution in [0.5, 0.6) is 0 Å². The molecular weight excluding hydrogens is 657 g/mol. The van der Waals surface area contributed by atoms with Crippen molar-refractivity contribution >= 4 is 32.4 Å². The number of hydrogen-bond donors (Lipinski definition) is 0. The van der Waals surface area contributed by atoms with Gasteiger partial charge in [0.1, 0.15) is 0 Å². The summed E-state index contributed by atoms with van der Waals surface area (Å²) in [5.74, 6) is 1.93. The SMILES string of the molecule is CC1(C)c2ccccc2-c2cc3c(cc21)-c1ccc(-c2nc(-c4ccc5cccnc5c4)nc(-c4cc5ccccc5c5ccccc45)n2)cc1C3(C)C. The quantitative estimate of drug-likeness (QED) is 0.173. The summed E-state index contributed by atoms with van der Waals surface area (Å²) in [4.78, 5) is 20.4. The standard InChI is InChI=1S/C50H36N4/c1-49(2)41-18-10-9-17-36(41)38-27-44-39(28-43(38)49)37-22-21-31(25-42(37)50(44,3)4)46-52-47(32-20-19-29-13-11-23-51-45(29)26-32)54-48(53-46)40-24-30-12-5-6-14-33(30)34-15-7-8-16-35(34)40/h5-28H,1-4H3. The maximum Gasteiger partial charge on any atom is 0.164 e. The van der Waals surface area contributed by atoms with E-state index in [2.05, 4.69) is 166 Å². The Morgan fingerprint density at radius 2 is 0.944 bits per heavy atom. The maximum absolute atomic E-state index is 5.30. The molecule has 0 saturated carbocycles. The molecule has 4 heteroatoms. The third kappa shape index (κ3) is 4.37. The molecule has 9 aromatic rings. The van der Waals surface area contributed by atoms with Gasteiger partial charge in [0.05, 0.1) is 5.52 Å². The third-order valence-electron chi connectivity index (χ3n) is 12.1. The molecule has 0 saturated heterocycles. The number of nitrogens with zero attached hydrogens (tertiary/aromatic N) is 4. The van der Waals surface area contributed by atoms with Gasteiger partial charge in [-0.15, -0.1) is 0 Å². The predicted molar refractivity (Wildman–Crippen MR) is 222 cm³/mol. The molecule has 54 heavy (non-hydrogen) atoms. The molecule has 0 spiro atoms. The maximum atomic E-state index is 5.30. The average molecular weight is 693 g/mol. The van der Waals surface area contributed by atoms with Crippen LogP contribution in [0, 0.1) is 0 Å². The smallest absolute Gasteiger partial charge is 0.164 e. The summed E-state index contributed by atoms with van der Waals surface area (Å²) in [5.41, 5.74) is 14.3. The topological polar surface area (TPSA) is 51.6 Å². The summed E-state index contributed by atoms with van der Waals surface area (Å²) < 4.78 is 0. The lowest BCUT2D eigenvalue weighted by atomic mass is 9.79. The summed E-state index contributed by atoms with van der Waals surface area (Å²) in [5, 5.41) is 5.74. The number of aromatic nitrogens is 4. The third-order valence-corrected chi connectivity index (χ3v) is 12.1. The number of fused-ring (bicyclic) bond motifs is 10. The van der Waals surface area contributed by atoms with Gasteiger partial charge in [0, 0.05) is 39.1 Å². The highest BCUT2D eigenvalue weighted by Gasteiger charge is 2.41. The zero-order valence-electron chi connectivity index (χ0n) is 30.6. The highest BCUT2D eigenvalue weighted by Crippen LogP contribution is 2.56. The molecule has 0 bridgehead atoms. The van der Waals surface area contributed by atoms with Crippen molar-refractivity contribution in [3.8, 4) is 56.4 Å². The van der Waals surface area contributed by atoms with Crippen molar-refractivity contribution in [2.75, 3.05) is 0 Å². The fourth-order valence-corrected chi connectivity index (χ4v) is 9.27. The molecule has 256 valence electrons. The Kier molecular flexibility index (Phi) is 6.33. The second-order valence-electron chi connectivity index (χ2n) is 15.9. The molecule has 0 fully saturated rings. The Hall–Kier alpha value is -6.52. The Bertz CT molecular complexity index is 3060. The molecule has 0 aliphatic heterocycles. The fraction of sp³-hybridized carbons (Fsp3) is 0.120. The van der Waals surface area contributed by atoms with Gasteiger partial charge in [-0.2, -0.15) is 0 Å². The Morgan fingerprint density at radius 3 is 1.74 bits per heavy atom. The van der Waals surface area contributed by atoms with Crippen LogP contribution in [0.25, 0.3) is 88.9 Å².